The van der Waals surface area contributed by atoms with E-state index in [2.05, 4.69) is 5.92 Å². The molecule has 0 unspecified atom stereocenters. The van der Waals surface area contributed by atoms with Crippen molar-refractivity contribution in [1.29, 1.82) is 0 Å². The Kier molecular flexibility index (Phi) is 4.09. The van der Waals surface area contributed by atoms with E-state index >= 15 is 0 Å². The molecule has 0 aliphatic carbocycles. The van der Waals surface area contributed by atoms with E-state index in [1.807, 2.05) is 0 Å². The molecule has 0 saturated carbocycles. The smallest absolute Gasteiger partial charge is 0.157 e. The van der Waals surface area contributed by atoms with Gasteiger partial charge in [0, 0.05) is 13.5 Å². The Morgan fingerprint density at radius 2 is 2.42 bits per heavy atom. The molecule has 68 valence electrons. The Morgan fingerprint density at radius 1 is 1.58 bits per heavy atom. The highest BCUT2D eigenvalue weighted by Crippen LogP contribution is 2.15. The fourth-order valence-electron chi connectivity index (χ4n) is 1.19. The Morgan fingerprint density at radius 3 is 2.92 bits per heavy atom. The Hall–Kier alpha value is -0.560. The van der Waals surface area contributed by atoms with Crippen molar-refractivity contribution < 1.29 is 14.2 Å². The lowest BCUT2D eigenvalue weighted by Crippen LogP contribution is -2.32. The number of methoxy groups -OCH3 is 1. The molecule has 0 spiro atoms. The second kappa shape index (κ2) is 5.15. The Balaban J connectivity index is 2.14. The first-order chi connectivity index (χ1) is 5.86. The monoisotopic (exact) mass is 170 g/mol. The summed E-state index contributed by atoms with van der Waals surface area (Å²) in [5.74, 6) is 2.43. The molecule has 0 amide bonds. The summed E-state index contributed by atoms with van der Waals surface area (Å²) in [6, 6.07) is 0. The van der Waals surface area contributed by atoms with Crippen LogP contribution in [0.25, 0.3) is 0 Å². The normalized spacial score (nSPS) is 29.7. The van der Waals surface area contributed by atoms with Crippen LogP contribution >= 0.6 is 0 Å². The highest BCUT2D eigenvalue weighted by molar-refractivity contribution is 4.83. The van der Waals surface area contributed by atoms with Crippen molar-refractivity contribution in [3.8, 4) is 12.3 Å². The maximum atomic E-state index is 5.32. The van der Waals surface area contributed by atoms with E-state index in [0.29, 0.717) is 13.2 Å². The fraction of sp³-hybridized carbons (Fsp3) is 0.778. The molecule has 0 aromatic rings. The summed E-state index contributed by atoms with van der Waals surface area (Å²) in [5, 5.41) is 0. The maximum absolute atomic E-state index is 5.32. The van der Waals surface area contributed by atoms with E-state index in [0.717, 1.165) is 12.8 Å². The van der Waals surface area contributed by atoms with Gasteiger partial charge in [-0.3, -0.25) is 0 Å². The van der Waals surface area contributed by atoms with Gasteiger partial charge in [-0.25, -0.2) is 0 Å². The van der Waals surface area contributed by atoms with Crippen molar-refractivity contribution in [3.63, 3.8) is 0 Å². The van der Waals surface area contributed by atoms with Crippen LogP contribution in [0, 0.1) is 12.3 Å². The first-order valence-electron chi connectivity index (χ1n) is 4.06. The average molecular weight is 170 g/mol. The minimum atomic E-state index is -0.0596. The highest BCUT2D eigenvalue weighted by Gasteiger charge is 2.21. The lowest BCUT2D eigenvalue weighted by molar-refractivity contribution is -0.179. The largest absolute Gasteiger partial charge is 0.363 e. The van der Waals surface area contributed by atoms with E-state index in [9.17, 15) is 0 Å². The van der Waals surface area contributed by atoms with Gasteiger partial charge in [0.25, 0.3) is 0 Å². The summed E-state index contributed by atoms with van der Waals surface area (Å²) in [6.07, 6.45) is 6.98. The molecule has 1 aliphatic rings. The molecule has 1 saturated heterocycles. The van der Waals surface area contributed by atoms with Crippen molar-refractivity contribution in [2.24, 2.45) is 0 Å². The second-order valence-corrected chi connectivity index (χ2v) is 2.71. The molecule has 1 fully saturated rings. The number of hydrogen-bond acceptors (Lipinski definition) is 3. The van der Waals surface area contributed by atoms with Crippen molar-refractivity contribution in [3.05, 3.63) is 0 Å². The van der Waals surface area contributed by atoms with Gasteiger partial charge in [0.2, 0.25) is 0 Å². The van der Waals surface area contributed by atoms with Gasteiger partial charge in [-0.05, 0) is 6.42 Å². The van der Waals surface area contributed by atoms with Crippen molar-refractivity contribution in [1.82, 2.24) is 0 Å². The summed E-state index contributed by atoms with van der Waals surface area (Å²) in [5.41, 5.74) is 0. The van der Waals surface area contributed by atoms with Crippen LogP contribution in [0.5, 0.6) is 0 Å². The quantitative estimate of drug-likeness (QED) is 0.586. The molecule has 1 heterocycles. The van der Waals surface area contributed by atoms with E-state index in [1.54, 1.807) is 7.11 Å². The first-order valence-corrected chi connectivity index (χ1v) is 4.06. The molecule has 3 nitrogen and oxygen atoms in total. The number of terminal acetylenes is 1. The Bertz CT molecular complexity index is 154. The van der Waals surface area contributed by atoms with Crippen molar-refractivity contribution in [2.45, 2.75) is 25.2 Å². The summed E-state index contributed by atoms with van der Waals surface area (Å²) in [6.45, 7) is 0.950. The van der Waals surface area contributed by atoms with Crippen LogP contribution in [0.2, 0.25) is 0 Å². The van der Waals surface area contributed by atoms with Gasteiger partial charge in [0.15, 0.2) is 6.29 Å². The average Bonchev–Trinajstić information content (AvgIpc) is 2.15. The van der Waals surface area contributed by atoms with Crippen molar-refractivity contribution >= 4 is 0 Å². The van der Waals surface area contributed by atoms with Crippen LogP contribution in [0.15, 0.2) is 0 Å². The van der Waals surface area contributed by atoms with Gasteiger partial charge in [0.1, 0.15) is 6.61 Å². The highest BCUT2D eigenvalue weighted by atomic mass is 16.7. The second-order valence-electron chi connectivity index (χ2n) is 2.71. The summed E-state index contributed by atoms with van der Waals surface area (Å²) < 4.78 is 15.7. The zero-order valence-electron chi connectivity index (χ0n) is 7.29. The van der Waals surface area contributed by atoms with Crippen LogP contribution in [-0.2, 0) is 14.2 Å². The molecule has 0 N–H and O–H groups in total. The van der Waals surface area contributed by atoms with Crippen LogP contribution < -0.4 is 0 Å². The van der Waals surface area contributed by atoms with Crippen LogP contribution in [-0.4, -0.2) is 32.7 Å². The van der Waals surface area contributed by atoms with Crippen molar-refractivity contribution in [2.75, 3.05) is 20.3 Å². The zero-order chi connectivity index (χ0) is 8.81. The zero-order valence-corrected chi connectivity index (χ0v) is 7.29. The molecule has 1 rings (SSSR count). The van der Waals surface area contributed by atoms with Gasteiger partial charge in [0.05, 0.1) is 12.7 Å². The standard InChI is InChI=1S/C9H14O3/c1-3-6-11-8-4-5-9(10-2)12-7-8/h1,8-9H,4-7H2,2H3/t8-,9-/m0/s1. The third kappa shape index (κ3) is 2.82. The minimum Gasteiger partial charge on any atom is -0.363 e. The van der Waals surface area contributed by atoms with Gasteiger partial charge in [-0.15, -0.1) is 6.42 Å². The van der Waals surface area contributed by atoms with E-state index < -0.39 is 0 Å². The molecular formula is C9H14O3. The topological polar surface area (TPSA) is 27.7 Å². The maximum Gasteiger partial charge on any atom is 0.157 e. The lowest BCUT2D eigenvalue weighted by atomic mass is 10.1. The molecule has 0 aromatic heterocycles. The van der Waals surface area contributed by atoms with Crippen LogP contribution in [0.4, 0.5) is 0 Å². The summed E-state index contributed by atoms with van der Waals surface area (Å²) in [7, 11) is 1.65. The molecule has 12 heavy (non-hydrogen) atoms. The molecular weight excluding hydrogens is 156 g/mol. The molecule has 0 radical (unpaired) electrons. The minimum absolute atomic E-state index is 0.0596. The predicted molar refractivity (Wildman–Crippen MR) is 44.6 cm³/mol. The van der Waals surface area contributed by atoms with Crippen LogP contribution in [0.3, 0.4) is 0 Å². The molecule has 3 heteroatoms. The van der Waals surface area contributed by atoms with E-state index in [1.165, 1.54) is 0 Å². The molecule has 1 aliphatic heterocycles. The Labute approximate surface area is 73.0 Å². The van der Waals surface area contributed by atoms with Gasteiger partial charge < -0.3 is 14.2 Å². The molecule has 2 atom stereocenters. The van der Waals surface area contributed by atoms with Gasteiger partial charge in [-0.2, -0.15) is 0 Å². The summed E-state index contributed by atoms with van der Waals surface area (Å²) in [4.78, 5) is 0. The van der Waals surface area contributed by atoms with Gasteiger partial charge >= 0.3 is 0 Å². The summed E-state index contributed by atoms with van der Waals surface area (Å²) >= 11 is 0. The fourth-order valence-corrected chi connectivity index (χ4v) is 1.19. The predicted octanol–water partition coefficient (Wildman–Crippen LogP) is 0.788. The number of hydrogen-bond donors (Lipinski definition) is 0. The SMILES string of the molecule is C#CCO[C@H]1CC[C@@H](OC)OC1. The lowest BCUT2D eigenvalue weighted by Gasteiger charge is -2.27. The molecule has 0 aromatic carbocycles. The molecule has 0 bridgehead atoms. The number of rotatable bonds is 3. The van der Waals surface area contributed by atoms with E-state index in [4.69, 9.17) is 20.6 Å². The first kappa shape index (κ1) is 9.53. The third-order valence-corrected chi connectivity index (χ3v) is 1.86. The van der Waals surface area contributed by atoms with Gasteiger partial charge in [-0.1, -0.05) is 5.92 Å². The van der Waals surface area contributed by atoms with Crippen LogP contribution in [0.1, 0.15) is 12.8 Å². The third-order valence-electron chi connectivity index (χ3n) is 1.86. The number of ether oxygens (including phenoxy) is 3. The van der Waals surface area contributed by atoms with E-state index in [-0.39, 0.29) is 12.4 Å².